The van der Waals surface area contributed by atoms with Crippen LogP contribution in [0.25, 0.3) is 0 Å². The van der Waals surface area contributed by atoms with E-state index in [1.165, 1.54) is 0 Å². The van der Waals surface area contributed by atoms with Crippen molar-refractivity contribution in [3.05, 3.63) is 106 Å². The summed E-state index contributed by atoms with van der Waals surface area (Å²) in [6, 6.07) is 24.7. The molecule has 0 spiro atoms. The van der Waals surface area contributed by atoms with E-state index in [1.54, 1.807) is 17.0 Å². The zero-order chi connectivity index (χ0) is 25.4. The minimum absolute atomic E-state index is 0.0279. The van der Waals surface area contributed by atoms with Crippen molar-refractivity contribution in [1.29, 1.82) is 0 Å². The smallest absolute Gasteiger partial charge is 0.243 e. The van der Waals surface area contributed by atoms with Gasteiger partial charge in [0, 0.05) is 24.9 Å². The molecular weight excluding hydrogens is 479 g/mol. The summed E-state index contributed by atoms with van der Waals surface area (Å²) in [6.45, 7) is 6.01. The topological polar surface area (TPSA) is 49.4 Å². The number of carbonyl (C=O) groups is 2. The summed E-state index contributed by atoms with van der Waals surface area (Å²) in [5.41, 5.74) is 2.93. The van der Waals surface area contributed by atoms with Gasteiger partial charge in [-0.1, -0.05) is 96.9 Å². The summed E-state index contributed by atoms with van der Waals surface area (Å²) in [4.78, 5) is 28.7. The molecule has 0 heterocycles. The van der Waals surface area contributed by atoms with Crippen LogP contribution in [-0.2, 0) is 16.1 Å². The van der Waals surface area contributed by atoms with Gasteiger partial charge < -0.3 is 10.2 Å². The highest BCUT2D eigenvalue weighted by molar-refractivity contribution is 6.42. The van der Waals surface area contributed by atoms with E-state index in [1.807, 2.05) is 87.5 Å². The third-order valence-electron chi connectivity index (χ3n) is 5.94. The second kappa shape index (κ2) is 12.8. The van der Waals surface area contributed by atoms with E-state index < -0.39 is 6.04 Å². The molecule has 0 saturated heterocycles. The first-order valence-electron chi connectivity index (χ1n) is 11.9. The van der Waals surface area contributed by atoms with Gasteiger partial charge in [-0.05, 0) is 49.1 Å². The van der Waals surface area contributed by atoms with Crippen molar-refractivity contribution >= 4 is 35.0 Å². The van der Waals surface area contributed by atoms with Crippen LogP contribution in [0, 0.1) is 0 Å². The highest BCUT2D eigenvalue weighted by Crippen LogP contribution is 2.30. The normalized spacial score (nSPS) is 12.0. The number of amides is 2. The Kier molecular flexibility index (Phi) is 9.76. The van der Waals surface area contributed by atoms with E-state index in [0.29, 0.717) is 16.5 Å². The average molecular weight is 511 g/mol. The van der Waals surface area contributed by atoms with Gasteiger partial charge in [0.2, 0.25) is 11.8 Å². The second-order valence-electron chi connectivity index (χ2n) is 8.94. The number of halogens is 2. The molecule has 0 unspecified atom stereocenters. The van der Waals surface area contributed by atoms with Crippen molar-refractivity contribution in [2.75, 3.05) is 0 Å². The molecule has 3 aromatic rings. The maximum absolute atomic E-state index is 13.9. The zero-order valence-corrected chi connectivity index (χ0v) is 21.9. The van der Waals surface area contributed by atoms with Gasteiger partial charge in [-0.2, -0.15) is 0 Å². The number of rotatable bonds is 10. The lowest BCUT2D eigenvalue weighted by molar-refractivity contribution is -0.141. The lowest BCUT2D eigenvalue weighted by Crippen LogP contribution is -2.50. The van der Waals surface area contributed by atoms with Gasteiger partial charge in [0.15, 0.2) is 0 Å². The highest BCUT2D eigenvalue weighted by atomic mass is 35.5. The molecule has 0 aromatic heterocycles. The fourth-order valence-corrected chi connectivity index (χ4v) is 4.55. The van der Waals surface area contributed by atoms with Crippen LogP contribution in [0.4, 0.5) is 0 Å². The van der Waals surface area contributed by atoms with Crippen LogP contribution in [0.3, 0.4) is 0 Å². The molecule has 0 aliphatic rings. The molecule has 0 aliphatic carbocycles. The summed E-state index contributed by atoms with van der Waals surface area (Å²) in [7, 11) is 0. The second-order valence-corrected chi connectivity index (χ2v) is 9.75. The molecule has 1 N–H and O–H groups in total. The van der Waals surface area contributed by atoms with Crippen molar-refractivity contribution in [3.8, 4) is 0 Å². The van der Waals surface area contributed by atoms with E-state index in [0.717, 1.165) is 16.7 Å². The van der Waals surface area contributed by atoms with Crippen molar-refractivity contribution in [2.45, 2.75) is 58.2 Å². The number of nitrogens with zero attached hydrogens (tertiary/aromatic N) is 1. The summed E-state index contributed by atoms with van der Waals surface area (Å²) in [5.74, 6) is -0.390. The van der Waals surface area contributed by atoms with Crippen LogP contribution < -0.4 is 5.32 Å². The monoisotopic (exact) mass is 510 g/mol. The molecule has 184 valence electrons. The fourth-order valence-electron chi connectivity index (χ4n) is 4.23. The predicted molar refractivity (Wildman–Crippen MR) is 144 cm³/mol. The Hall–Kier alpha value is -2.82. The molecule has 1 atom stereocenters. The minimum Gasteiger partial charge on any atom is -0.352 e. The largest absolute Gasteiger partial charge is 0.352 e. The predicted octanol–water partition coefficient (Wildman–Crippen LogP) is 6.85. The molecule has 0 fully saturated rings. The van der Waals surface area contributed by atoms with Gasteiger partial charge in [0.25, 0.3) is 0 Å². The first-order valence-corrected chi connectivity index (χ1v) is 12.7. The van der Waals surface area contributed by atoms with E-state index in [4.69, 9.17) is 23.2 Å². The van der Waals surface area contributed by atoms with Crippen LogP contribution in [0.5, 0.6) is 0 Å². The SMILES string of the molecule is CC[C@@H](C(=O)NC(C)C)N(Cc1ccc(Cl)c(Cl)c1)C(=O)CC(c1ccccc1)c1ccccc1. The molecule has 0 radical (unpaired) electrons. The molecule has 0 aliphatic heterocycles. The highest BCUT2D eigenvalue weighted by Gasteiger charge is 2.31. The number of carbonyl (C=O) groups excluding carboxylic acids is 2. The quantitative estimate of drug-likeness (QED) is 0.324. The first-order chi connectivity index (χ1) is 16.8. The Morgan fingerprint density at radius 1 is 0.857 bits per heavy atom. The van der Waals surface area contributed by atoms with Gasteiger partial charge in [-0.3, -0.25) is 9.59 Å². The maximum Gasteiger partial charge on any atom is 0.243 e. The Morgan fingerprint density at radius 3 is 1.91 bits per heavy atom. The van der Waals surface area contributed by atoms with Crippen LogP contribution in [0.2, 0.25) is 10.0 Å². The van der Waals surface area contributed by atoms with E-state index >= 15 is 0 Å². The zero-order valence-electron chi connectivity index (χ0n) is 20.4. The van der Waals surface area contributed by atoms with Crippen LogP contribution >= 0.6 is 23.2 Å². The summed E-state index contributed by atoms with van der Waals surface area (Å²) in [5, 5.41) is 3.84. The van der Waals surface area contributed by atoms with Crippen molar-refractivity contribution < 1.29 is 9.59 Å². The minimum atomic E-state index is -0.605. The Morgan fingerprint density at radius 2 is 1.43 bits per heavy atom. The van der Waals surface area contributed by atoms with E-state index in [2.05, 4.69) is 5.32 Å². The molecule has 6 heteroatoms. The molecule has 3 aromatic carbocycles. The van der Waals surface area contributed by atoms with Crippen molar-refractivity contribution in [1.82, 2.24) is 10.2 Å². The molecule has 4 nitrogen and oxygen atoms in total. The summed E-state index contributed by atoms with van der Waals surface area (Å²) >= 11 is 12.4. The van der Waals surface area contributed by atoms with Crippen molar-refractivity contribution in [2.24, 2.45) is 0 Å². The van der Waals surface area contributed by atoms with Crippen LogP contribution in [-0.4, -0.2) is 28.8 Å². The number of hydrogen-bond donors (Lipinski definition) is 1. The third-order valence-corrected chi connectivity index (χ3v) is 6.68. The van der Waals surface area contributed by atoms with E-state index in [-0.39, 0.29) is 36.7 Å². The molecule has 35 heavy (non-hydrogen) atoms. The van der Waals surface area contributed by atoms with Crippen molar-refractivity contribution in [3.63, 3.8) is 0 Å². The van der Waals surface area contributed by atoms with Gasteiger partial charge >= 0.3 is 0 Å². The van der Waals surface area contributed by atoms with E-state index in [9.17, 15) is 9.59 Å². The maximum atomic E-state index is 13.9. The summed E-state index contributed by atoms with van der Waals surface area (Å²) in [6.07, 6.45) is 0.730. The summed E-state index contributed by atoms with van der Waals surface area (Å²) < 4.78 is 0. The van der Waals surface area contributed by atoms with Crippen LogP contribution in [0.1, 0.15) is 56.2 Å². The number of hydrogen-bond acceptors (Lipinski definition) is 2. The Bertz CT molecular complexity index is 1080. The number of nitrogens with one attached hydrogen (secondary N) is 1. The number of benzene rings is 3. The fraction of sp³-hybridized carbons (Fsp3) is 0.310. The van der Waals surface area contributed by atoms with Gasteiger partial charge in [-0.25, -0.2) is 0 Å². The molecule has 2 amide bonds. The van der Waals surface area contributed by atoms with Gasteiger partial charge in [0.05, 0.1) is 10.0 Å². The third kappa shape index (κ3) is 7.33. The average Bonchev–Trinajstić information content (AvgIpc) is 2.85. The lowest BCUT2D eigenvalue weighted by atomic mass is 9.88. The van der Waals surface area contributed by atoms with Crippen LogP contribution in [0.15, 0.2) is 78.9 Å². The first kappa shape index (κ1) is 26.8. The van der Waals surface area contributed by atoms with Gasteiger partial charge in [-0.15, -0.1) is 0 Å². The molecule has 3 rings (SSSR count). The Labute approximate surface area is 218 Å². The standard InChI is InChI=1S/C29H32Cl2N2O2/c1-4-27(29(35)32-20(2)3)33(19-21-15-16-25(30)26(31)17-21)28(34)18-24(22-11-7-5-8-12-22)23-13-9-6-10-14-23/h5-17,20,24,27H,4,18-19H2,1-3H3,(H,32,35)/t27-/m0/s1. The molecule has 0 saturated carbocycles. The Balaban J connectivity index is 1.97. The molecular formula is C29H32Cl2N2O2. The lowest BCUT2D eigenvalue weighted by Gasteiger charge is -2.32. The van der Waals surface area contributed by atoms with Gasteiger partial charge in [0.1, 0.15) is 6.04 Å². The molecule has 0 bridgehead atoms.